The summed E-state index contributed by atoms with van der Waals surface area (Å²) in [4.78, 5) is 9.87. The monoisotopic (exact) mass is 275 g/mol. The maximum atomic E-state index is 4.29. The molecule has 1 N–H and O–H groups in total. The zero-order valence-electron chi connectivity index (χ0n) is 10.2. The Morgan fingerprint density at radius 3 is 2.78 bits per heavy atom. The normalized spacial score (nSPS) is 12.8. The molecule has 2 aromatic heterocycles. The molecule has 3 nitrogen and oxygen atoms in total. The van der Waals surface area contributed by atoms with Gasteiger partial charge in [-0.2, -0.15) is 0 Å². The Bertz CT molecular complexity index is 671. The van der Waals surface area contributed by atoms with E-state index in [9.17, 15) is 0 Å². The van der Waals surface area contributed by atoms with Gasteiger partial charge in [-0.3, -0.25) is 0 Å². The van der Waals surface area contributed by atoms with Gasteiger partial charge in [0.1, 0.15) is 0 Å². The number of fused-ring (bicyclic) bond motifs is 1. The fourth-order valence-electron chi connectivity index (χ4n) is 1.99. The molecular formula is C13H13N3S2. The van der Waals surface area contributed by atoms with E-state index in [4.69, 9.17) is 0 Å². The summed E-state index contributed by atoms with van der Waals surface area (Å²) in [6, 6.07) is 6.57. The fraction of sp³-hybridized carbons (Fsp3) is 0.231. The Morgan fingerprint density at radius 2 is 2.00 bits per heavy atom. The first-order valence-corrected chi connectivity index (χ1v) is 7.50. The predicted octanol–water partition coefficient (Wildman–Crippen LogP) is 4.23. The van der Waals surface area contributed by atoms with Crippen molar-refractivity contribution < 1.29 is 0 Å². The molecule has 0 amide bonds. The molecule has 0 fully saturated rings. The second-order valence-corrected chi connectivity index (χ2v) is 5.98. The number of nitrogens with zero attached hydrogens (tertiary/aromatic N) is 2. The van der Waals surface area contributed by atoms with E-state index in [1.165, 1.54) is 9.58 Å². The van der Waals surface area contributed by atoms with E-state index >= 15 is 0 Å². The minimum atomic E-state index is 0.280. The lowest BCUT2D eigenvalue weighted by molar-refractivity contribution is 0.891. The molecule has 1 atom stereocenters. The first kappa shape index (κ1) is 11.6. The molecule has 0 saturated heterocycles. The largest absolute Gasteiger partial charge is 0.378 e. The van der Waals surface area contributed by atoms with E-state index in [2.05, 4.69) is 47.3 Å². The second-order valence-electron chi connectivity index (χ2n) is 4.20. The minimum absolute atomic E-state index is 0.280. The second kappa shape index (κ2) is 4.66. The Hall–Kier alpha value is -1.46. The third-order valence-electron chi connectivity index (χ3n) is 2.89. The van der Waals surface area contributed by atoms with Gasteiger partial charge < -0.3 is 5.32 Å². The average Bonchev–Trinajstić information content (AvgIpc) is 2.96. The molecule has 18 heavy (non-hydrogen) atoms. The molecule has 3 rings (SSSR count). The quantitative estimate of drug-likeness (QED) is 0.777. The van der Waals surface area contributed by atoms with Gasteiger partial charge in [-0.25, -0.2) is 9.97 Å². The highest BCUT2D eigenvalue weighted by Crippen LogP contribution is 2.27. The molecule has 0 radical (unpaired) electrons. The lowest BCUT2D eigenvalue weighted by atomic mass is 10.2. The van der Waals surface area contributed by atoms with E-state index in [1.54, 1.807) is 22.7 Å². The molecule has 1 aromatic carbocycles. The standard InChI is InChI=1S/C13H13N3S2/c1-8-13(18-6-14-8)9(2)16-10-3-4-11-12(5-10)17-7-15-11/h3-7,9,16H,1-2H3. The molecule has 0 spiro atoms. The average molecular weight is 275 g/mol. The van der Waals surface area contributed by atoms with Crippen molar-refractivity contribution in [3.63, 3.8) is 0 Å². The summed E-state index contributed by atoms with van der Waals surface area (Å²) in [6.45, 7) is 4.22. The van der Waals surface area contributed by atoms with Gasteiger partial charge in [0.2, 0.25) is 0 Å². The highest BCUT2D eigenvalue weighted by molar-refractivity contribution is 7.16. The zero-order valence-corrected chi connectivity index (χ0v) is 11.8. The number of anilines is 1. The summed E-state index contributed by atoms with van der Waals surface area (Å²) < 4.78 is 1.22. The molecule has 1 unspecified atom stereocenters. The van der Waals surface area contributed by atoms with Crippen LogP contribution in [0, 0.1) is 6.92 Å². The first-order chi connectivity index (χ1) is 8.74. The van der Waals surface area contributed by atoms with Gasteiger partial charge in [-0.15, -0.1) is 22.7 Å². The van der Waals surface area contributed by atoms with E-state index < -0.39 is 0 Å². The van der Waals surface area contributed by atoms with Gasteiger partial charge in [-0.1, -0.05) is 0 Å². The molecule has 0 bridgehead atoms. The Morgan fingerprint density at radius 1 is 1.17 bits per heavy atom. The van der Waals surface area contributed by atoms with Crippen LogP contribution in [-0.4, -0.2) is 9.97 Å². The fourth-order valence-corrected chi connectivity index (χ4v) is 3.51. The molecule has 0 aliphatic heterocycles. The number of thiazole rings is 2. The molecule has 3 aromatic rings. The Balaban J connectivity index is 1.85. The van der Waals surface area contributed by atoms with Crippen molar-refractivity contribution in [1.82, 2.24) is 9.97 Å². The zero-order chi connectivity index (χ0) is 12.5. The molecular weight excluding hydrogens is 262 g/mol. The molecule has 0 aliphatic rings. The van der Waals surface area contributed by atoms with Crippen molar-refractivity contribution in [2.24, 2.45) is 0 Å². The molecule has 92 valence electrons. The van der Waals surface area contributed by atoms with Crippen LogP contribution in [0.25, 0.3) is 10.2 Å². The maximum absolute atomic E-state index is 4.29. The lowest BCUT2D eigenvalue weighted by Crippen LogP contribution is -2.06. The van der Waals surface area contributed by atoms with Crippen molar-refractivity contribution in [3.8, 4) is 0 Å². The minimum Gasteiger partial charge on any atom is -0.378 e. The predicted molar refractivity (Wildman–Crippen MR) is 78.5 cm³/mol. The SMILES string of the molecule is Cc1ncsc1C(C)Nc1ccc2ncsc2c1. The molecule has 0 saturated carbocycles. The molecule has 2 heterocycles. The summed E-state index contributed by atoms with van der Waals surface area (Å²) in [5.74, 6) is 0. The van der Waals surface area contributed by atoms with Gasteiger partial charge in [0.05, 0.1) is 33.0 Å². The highest BCUT2D eigenvalue weighted by Gasteiger charge is 2.11. The van der Waals surface area contributed by atoms with Crippen LogP contribution in [0.3, 0.4) is 0 Å². The van der Waals surface area contributed by atoms with Crippen LogP contribution in [0.15, 0.2) is 29.2 Å². The maximum Gasteiger partial charge on any atom is 0.0813 e. The smallest absolute Gasteiger partial charge is 0.0813 e. The van der Waals surface area contributed by atoms with Crippen molar-refractivity contribution in [2.45, 2.75) is 19.9 Å². The van der Waals surface area contributed by atoms with Crippen molar-refractivity contribution >= 4 is 38.6 Å². The van der Waals surface area contributed by atoms with Gasteiger partial charge in [0, 0.05) is 10.6 Å². The van der Waals surface area contributed by atoms with E-state index in [-0.39, 0.29) is 6.04 Å². The van der Waals surface area contributed by atoms with Crippen molar-refractivity contribution in [3.05, 3.63) is 39.8 Å². The lowest BCUT2D eigenvalue weighted by Gasteiger charge is -2.14. The van der Waals surface area contributed by atoms with E-state index in [0.29, 0.717) is 0 Å². The van der Waals surface area contributed by atoms with Gasteiger partial charge >= 0.3 is 0 Å². The van der Waals surface area contributed by atoms with Crippen molar-refractivity contribution in [2.75, 3.05) is 5.32 Å². The van der Waals surface area contributed by atoms with Crippen molar-refractivity contribution in [1.29, 1.82) is 0 Å². The number of nitrogens with one attached hydrogen (secondary N) is 1. The summed E-state index contributed by atoms with van der Waals surface area (Å²) in [6.07, 6.45) is 0. The van der Waals surface area contributed by atoms with Crippen LogP contribution >= 0.6 is 22.7 Å². The Labute approximate surface area is 114 Å². The van der Waals surface area contributed by atoms with Crippen LogP contribution in [-0.2, 0) is 0 Å². The summed E-state index contributed by atoms with van der Waals surface area (Å²) in [5, 5.41) is 3.52. The number of benzene rings is 1. The first-order valence-electron chi connectivity index (χ1n) is 5.74. The van der Waals surface area contributed by atoms with Crippen LogP contribution < -0.4 is 5.32 Å². The number of rotatable bonds is 3. The molecule has 0 aliphatic carbocycles. The van der Waals surface area contributed by atoms with Gasteiger partial charge in [-0.05, 0) is 32.0 Å². The molecule has 5 heteroatoms. The highest BCUT2D eigenvalue weighted by atomic mass is 32.1. The third kappa shape index (κ3) is 2.11. The number of hydrogen-bond acceptors (Lipinski definition) is 5. The number of aromatic nitrogens is 2. The number of hydrogen-bond donors (Lipinski definition) is 1. The van der Waals surface area contributed by atoms with E-state index in [0.717, 1.165) is 16.9 Å². The van der Waals surface area contributed by atoms with E-state index in [1.807, 2.05) is 11.0 Å². The third-order valence-corrected chi connectivity index (χ3v) is 4.80. The van der Waals surface area contributed by atoms with Crippen LogP contribution in [0.1, 0.15) is 23.5 Å². The summed E-state index contributed by atoms with van der Waals surface area (Å²) in [5.41, 5.74) is 7.08. The summed E-state index contributed by atoms with van der Waals surface area (Å²) in [7, 11) is 0. The Kier molecular flexibility index (Phi) is 3.01. The van der Waals surface area contributed by atoms with Crippen LogP contribution in [0.5, 0.6) is 0 Å². The van der Waals surface area contributed by atoms with Crippen LogP contribution in [0.4, 0.5) is 5.69 Å². The number of aryl methyl sites for hydroxylation is 1. The van der Waals surface area contributed by atoms with Gasteiger partial charge in [0.15, 0.2) is 0 Å². The van der Waals surface area contributed by atoms with Crippen LogP contribution in [0.2, 0.25) is 0 Å². The topological polar surface area (TPSA) is 37.8 Å². The summed E-state index contributed by atoms with van der Waals surface area (Å²) >= 11 is 3.37. The van der Waals surface area contributed by atoms with Gasteiger partial charge in [0.25, 0.3) is 0 Å².